The van der Waals surface area contributed by atoms with Crippen molar-refractivity contribution < 1.29 is 18.3 Å². The number of hydrogen-bond donors (Lipinski definition) is 2. The van der Waals surface area contributed by atoms with Gasteiger partial charge >= 0.3 is 6.43 Å². The second-order valence-corrected chi connectivity index (χ2v) is 2.33. The number of amides is 1. The Morgan fingerprint density at radius 2 is 2.08 bits per heavy atom. The molecule has 6 heteroatoms. The lowest BCUT2D eigenvalue weighted by molar-refractivity contribution is -0.131. The number of alkyl halides is 2. The number of halogens is 2. The molecule has 0 aliphatic heterocycles. The van der Waals surface area contributed by atoms with Gasteiger partial charge in [-0.25, -0.2) is 0 Å². The predicted molar refractivity (Wildman–Crippen MR) is 43.8 cm³/mol. The number of carbonyl (C=O) groups excluding carboxylic acids is 1. The van der Waals surface area contributed by atoms with E-state index < -0.39 is 12.3 Å². The molecule has 0 atom stereocenters. The van der Waals surface area contributed by atoms with E-state index in [1.54, 1.807) is 7.11 Å². The van der Waals surface area contributed by atoms with Crippen LogP contribution in [-0.4, -0.2) is 45.7 Å². The minimum Gasteiger partial charge on any atom is -0.383 e. The number of nitrogens with one attached hydrogen (secondary N) is 2. The molecule has 0 spiro atoms. The largest absolute Gasteiger partial charge is 0.383 e. The minimum absolute atomic E-state index is 0.201. The molecule has 0 saturated carbocycles. The summed E-state index contributed by atoms with van der Waals surface area (Å²) in [7, 11) is 1.57. The lowest BCUT2D eigenvalue weighted by atomic mass is 10.5. The number of ether oxygens (including phenoxy) is 1. The van der Waals surface area contributed by atoms with Gasteiger partial charge in [0.1, 0.15) is 0 Å². The lowest BCUT2D eigenvalue weighted by Gasteiger charge is -2.05. The maximum absolute atomic E-state index is 11.6. The Labute approximate surface area is 75.6 Å². The third-order valence-corrected chi connectivity index (χ3v) is 1.28. The van der Waals surface area contributed by atoms with Gasteiger partial charge < -0.3 is 15.4 Å². The second kappa shape index (κ2) is 7.88. The van der Waals surface area contributed by atoms with E-state index in [1.165, 1.54) is 0 Å². The van der Waals surface area contributed by atoms with Crippen LogP contribution in [0.5, 0.6) is 0 Å². The van der Waals surface area contributed by atoms with Crippen LogP contribution in [0.4, 0.5) is 8.78 Å². The van der Waals surface area contributed by atoms with Crippen LogP contribution < -0.4 is 10.6 Å². The van der Waals surface area contributed by atoms with Gasteiger partial charge in [0.25, 0.3) is 5.91 Å². The average Bonchev–Trinajstić information content (AvgIpc) is 2.10. The molecular formula is C7H14F2N2O2. The Hall–Kier alpha value is -0.750. The second-order valence-electron chi connectivity index (χ2n) is 2.33. The molecule has 0 bridgehead atoms. The summed E-state index contributed by atoms with van der Waals surface area (Å²) >= 11 is 0. The van der Waals surface area contributed by atoms with Crippen LogP contribution in [0.2, 0.25) is 0 Å². The van der Waals surface area contributed by atoms with Crippen LogP contribution >= 0.6 is 0 Å². The zero-order valence-corrected chi connectivity index (χ0v) is 7.48. The highest BCUT2D eigenvalue weighted by atomic mass is 19.3. The van der Waals surface area contributed by atoms with E-state index in [0.29, 0.717) is 19.7 Å². The van der Waals surface area contributed by atoms with Crippen LogP contribution in [0.25, 0.3) is 0 Å². The van der Waals surface area contributed by atoms with E-state index in [4.69, 9.17) is 4.74 Å². The fraction of sp³-hybridized carbons (Fsp3) is 0.857. The van der Waals surface area contributed by atoms with Crippen molar-refractivity contribution in [2.75, 3.05) is 33.4 Å². The van der Waals surface area contributed by atoms with Crippen LogP contribution in [0.1, 0.15) is 0 Å². The maximum atomic E-state index is 11.6. The Bertz CT molecular complexity index is 144. The van der Waals surface area contributed by atoms with Crippen LogP contribution in [0.15, 0.2) is 0 Å². The maximum Gasteiger partial charge on any atom is 0.315 e. The van der Waals surface area contributed by atoms with Gasteiger partial charge in [-0.3, -0.25) is 4.79 Å². The van der Waals surface area contributed by atoms with Crippen molar-refractivity contribution in [1.29, 1.82) is 0 Å². The van der Waals surface area contributed by atoms with Crippen molar-refractivity contribution >= 4 is 5.91 Å². The first kappa shape index (κ1) is 12.2. The molecule has 0 aromatic rings. The molecule has 0 rings (SSSR count). The van der Waals surface area contributed by atoms with Crippen molar-refractivity contribution in [3.05, 3.63) is 0 Å². The van der Waals surface area contributed by atoms with Gasteiger partial charge in [0.05, 0.1) is 6.61 Å². The summed E-state index contributed by atoms with van der Waals surface area (Å²) in [5.74, 6) is -1.23. The first-order chi connectivity index (χ1) is 6.18. The van der Waals surface area contributed by atoms with Gasteiger partial charge in [-0.05, 0) is 0 Å². The molecule has 0 aromatic carbocycles. The van der Waals surface area contributed by atoms with E-state index in [-0.39, 0.29) is 6.54 Å². The zero-order valence-electron chi connectivity index (χ0n) is 7.48. The molecule has 78 valence electrons. The molecule has 13 heavy (non-hydrogen) atoms. The van der Waals surface area contributed by atoms with E-state index in [9.17, 15) is 13.6 Å². The lowest BCUT2D eigenvalue weighted by Crippen LogP contribution is -2.36. The summed E-state index contributed by atoms with van der Waals surface area (Å²) in [6.45, 7) is 1.86. The molecule has 0 aliphatic rings. The predicted octanol–water partition coefficient (Wildman–Crippen LogP) is -0.396. The molecule has 0 saturated heterocycles. The fourth-order valence-corrected chi connectivity index (χ4v) is 0.650. The van der Waals surface area contributed by atoms with Gasteiger partial charge in [-0.2, -0.15) is 8.78 Å². The number of rotatable bonds is 7. The molecular weight excluding hydrogens is 182 g/mol. The highest BCUT2D eigenvalue weighted by molar-refractivity contribution is 5.78. The molecule has 4 nitrogen and oxygen atoms in total. The SMILES string of the molecule is COCCNCCNC(=O)C(F)F. The van der Waals surface area contributed by atoms with Crippen molar-refractivity contribution in [2.45, 2.75) is 6.43 Å². The van der Waals surface area contributed by atoms with Gasteiger partial charge in [0.15, 0.2) is 0 Å². The average molecular weight is 196 g/mol. The molecule has 2 N–H and O–H groups in total. The van der Waals surface area contributed by atoms with Crippen LogP contribution in [0, 0.1) is 0 Å². The van der Waals surface area contributed by atoms with E-state index in [2.05, 4.69) is 10.6 Å². The molecule has 0 radical (unpaired) electrons. The topological polar surface area (TPSA) is 50.4 Å². The van der Waals surface area contributed by atoms with Gasteiger partial charge in [-0.1, -0.05) is 0 Å². The summed E-state index contributed by atoms with van der Waals surface area (Å²) in [6, 6.07) is 0. The summed E-state index contributed by atoms with van der Waals surface area (Å²) < 4.78 is 27.9. The molecule has 0 unspecified atom stereocenters. The van der Waals surface area contributed by atoms with E-state index >= 15 is 0 Å². The number of hydrogen-bond acceptors (Lipinski definition) is 3. The van der Waals surface area contributed by atoms with Crippen molar-refractivity contribution in [3.8, 4) is 0 Å². The summed E-state index contributed by atoms with van der Waals surface area (Å²) in [4.78, 5) is 10.3. The van der Waals surface area contributed by atoms with Crippen molar-refractivity contribution in [1.82, 2.24) is 10.6 Å². The molecule has 0 fully saturated rings. The molecule has 1 amide bonds. The van der Waals surface area contributed by atoms with Crippen molar-refractivity contribution in [2.24, 2.45) is 0 Å². The molecule has 0 heterocycles. The Morgan fingerprint density at radius 3 is 2.62 bits per heavy atom. The number of carbonyl (C=O) groups is 1. The van der Waals surface area contributed by atoms with Crippen LogP contribution in [0.3, 0.4) is 0 Å². The Kier molecular flexibility index (Phi) is 7.42. The van der Waals surface area contributed by atoms with E-state index in [0.717, 1.165) is 0 Å². The molecule has 0 aromatic heterocycles. The zero-order chi connectivity index (χ0) is 10.1. The molecule has 0 aliphatic carbocycles. The van der Waals surface area contributed by atoms with Gasteiger partial charge in [-0.15, -0.1) is 0 Å². The summed E-state index contributed by atoms with van der Waals surface area (Å²) in [5, 5.41) is 4.96. The summed E-state index contributed by atoms with van der Waals surface area (Å²) in [5.41, 5.74) is 0. The van der Waals surface area contributed by atoms with Crippen molar-refractivity contribution in [3.63, 3.8) is 0 Å². The van der Waals surface area contributed by atoms with Gasteiger partial charge in [0.2, 0.25) is 0 Å². The Morgan fingerprint density at radius 1 is 1.38 bits per heavy atom. The highest BCUT2D eigenvalue weighted by Gasteiger charge is 2.12. The third-order valence-electron chi connectivity index (χ3n) is 1.28. The quantitative estimate of drug-likeness (QED) is 0.545. The normalized spacial score (nSPS) is 10.5. The van der Waals surface area contributed by atoms with E-state index in [1.807, 2.05) is 0 Å². The highest BCUT2D eigenvalue weighted by Crippen LogP contribution is 1.89. The monoisotopic (exact) mass is 196 g/mol. The first-order valence-corrected chi connectivity index (χ1v) is 3.94. The third kappa shape index (κ3) is 7.61. The standard InChI is InChI=1S/C7H14F2N2O2/c1-13-5-4-10-2-3-11-7(12)6(8)9/h6,10H,2-5H2,1H3,(H,11,12). The first-order valence-electron chi connectivity index (χ1n) is 3.94. The Balaban J connectivity index is 3.12. The summed E-state index contributed by atoms with van der Waals surface area (Å²) in [6.07, 6.45) is -2.93. The minimum atomic E-state index is -2.93. The van der Waals surface area contributed by atoms with Crippen LogP contribution in [-0.2, 0) is 9.53 Å². The van der Waals surface area contributed by atoms with Gasteiger partial charge in [0, 0.05) is 26.7 Å². The smallest absolute Gasteiger partial charge is 0.315 e. The fourth-order valence-electron chi connectivity index (χ4n) is 0.650. The number of methoxy groups -OCH3 is 1.